The molecule has 0 fully saturated rings. The zero-order valence-electron chi connectivity index (χ0n) is 12.3. The molecule has 0 saturated carbocycles. The summed E-state index contributed by atoms with van der Waals surface area (Å²) in [6, 6.07) is 0. The van der Waals surface area contributed by atoms with Gasteiger partial charge in [-0.1, -0.05) is 26.7 Å². The molecule has 0 aromatic rings. The maximum Gasteiger partial charge on any atom is 0.182 e. The van der Waals surface area contributed by atoms with Crippen molar-refractivity contribution in [3.63, 3.8) is 0 Å². The molecular weight excluding hydrogens is 224 g/mol. The first-order valence-electron chi connectivity index (χ1n) is 6.98. The normalized spacial score (nSPS) is 12.4. The molecule has 3 heteroatoms. The van der Waals surface area contributed by atoms with E-state index in [1.54, 1.807) is 12.2 Å². The largest absolute Gasteiger partial charge is 0.388 e. The van der Waals surface area contributed by atoms with E-state index in [1.807, 2.05) is 13.8 Å². The number of hydrogen-bond acceptors (Lipinski definition) is 3. The van der Waals surface area contributed by atoms with Crippen molar-refractivity contribution in [2.24, 2.45) is 0 Å². The summed E-state index contributed by atoms with van der Waals surface area (Å²) in [6.45, 7) is 10.0. The van der Waals surface area contributed by atoms with Crippen molar-refractivity contribution >= 4 is 5.78 Å². The number of nitrogens with one attached hydrogen (secondary N) is 2. The molecule has 0 saturated heterocycles. The smallest absolute Gasteiger partial charge is 0.182 e. The third-order valence-corrected chi connectivity index (χ3v) is 2.59. The lowest BCUT2D eigenvalue weighted by Gasteiger charge is -2.05. The Bertz CT molecular complexity index is 265. The Kier molecular flexibility index (Phi) is 10.1. The van der Waals surface area contributed by atoms with Gasteiger partial charge in [-0.05, 0) is 26.7 Å². The number of rotatable bonds is 10. The third-order valence-electron chi connectivity index (χ3n) is 2.59. The first-order valence-corrected chi connectivity index (χ1v) is 6.98. The Balaban J connectivity index is 4.05. The number of carbonyl (C=O) groups excluding carboxylic acids is 1. The van der Waals surface area contributed by atoms with Gasteiger partial charge in [-0.15, -0.1) is 0 Å². The minimum absolute atomic E-state index is 0.0398. The average Bonchev–Trinajstić information content (AvgIpc) is 2.29. The van der Waals surface area contributed by atoms with Gasteiger partial charge in [-0.3, -0.25) is 4.79 Å². The van der Waals surface area contributed by atoms with Crippen LogP contribution in [0.25, 0.3) is 0 Å². The van der Waals surface area contributed by atoms with Crippen LogP contribution in [0, 0.1) is 0 Å². The molecule has 0 radical (unpaired) electrons. The molecule has 0 unspecified atom stereocenters. The van der Waals surface area contributed by atoms with Crippen molar-refractivity contribution in [3.05, 3.63) is 23.5 Å². The molecule has 0 atom stereocenters. The molecule has 104 valence electrons. The third kappa shape index (κ3) is 9.94. The van der Waals surface area contributed by atoms with Crippen molar-refractivity contribution in [3.8, 4) is 0 Å². The van der Waals surface area contributed by atoms with Crippen LogP contribution in [0.3, 0.4) is 0 Å². The van der Waals surface area contributed by atoms with Crippen molar-refractivity contribution in [1.82, 2.24) is 10.6 Å². The maximum atomic E-state index is 11.7. The van der Waals surface area contributed by atoms with Crippen LogP contribution in [0.2, 0.25) is 0 Å². The molecule has 0 bridgehead atoms. The highest BCUT2D eigenvalue weighted by atomic mass is 16.1. The van der Waals surface area contributed by atoms with E-state index in [2.05, 4.69) is 24.5 Å². The first kappa shape index (κ1) is 16.8. The molecular formula is C15H28N2O. The van der Waals surface area contributed by atoms with E-state index in [-0.39, 0.29) is 5.78 Å². The molecule has 0 aliphatic heterocycles. The van der Waals surface area contributed by atoms with Gasteiger partial charge in [-0.2, -0.15) is 0 Å². The minimum atomic E-state index is 0.0398. The summed E-state index contributed by atoms with van der Waals surface area (Å²) in [5, 5.41) is 6.46. The Hall–Kier alpha value is -1.25. The van der Waals surface area contributed by atoms with Crippen molar-refractivity contribution in [1.29, 1.82) is 0 Å². The SMILES string of the molecule is CCCCN/C(C)=C/C(=O)/C=C(\C)NCCCC. The van der Waals surface area contributed by atoms with E-state index in [0.717, 1.165) is 50.2 Å². The van der Waals surface area contributed by atoms with E-state index in [1.165, 1.54) is 0 Å². The molecule has 0 amide bonds. The highest BCUT2D eigenvalue weighted by Gasteiger charge is 1.96. The Morgan fingerprint density at radius 1 is 0.889 bits per heavy atom. The quantitative estimate of drug-likeness (QED) is 0.463. The molecule has 2 N–H and O–H groups in total. The van der Waals surface area contributed by atoms with Crippen LogP contribution in [0.1, 0.15) is 53.4 Å². The maximum absolute atomic E-state index is 11.7. The molecule has 0 heterocycles. The van der Waals surface area contributed by atoms with Crippen molar-refractivity contribution in [2.45, 2.75) is 53.4 Å². The second kappa shape index (κ2) is 10.9. The van der Waals surface area contributed by atoms with Crippen LogP contribution in [0.15, 0.2) is 23.5 Å². The zero-order chi connectivity index (χ0) is 13.8. The molecule has 0 spiro atoms. The fourth-order valence-electron chi connectivity index (χ4n) is 1.50. The summed E-state index contributed by atoms with van der Waals surface area (Å²) in [5.41, 5.74) is 1.87. The first-order chi connectivity index (χ1) is 8.60. The summed E-state index contributed by atoms with van der Waals surface area (Å²) in [4.78, 5) is 11.7. The monoisotopic (exact) mass is 252 g/mol. The van der Waals surface area contributed by atoms with Gasteiger partial charge >= 0.3 is 0 Å². The summed E-state index contributed by atoms with van der Waals surface area (Å²) in [5.74, 6) is 0.0398. The molecule has 18 heavy (non-hydrogen) atoms. The second-order valence-electron chi connectivity index (χ2n) is 4.62. The highest BCUT2D eigenvalue weighted by molar-refractivity contribution is 5.99. The van der Waals surface area contributed by atoms with Crippen LogP contribution in [0.5, 0.6) is 0 Å². The van der Waals surface area contributed by atoms with Crippen LogP contribution in [0.4, 0.5) is 0 Å². The van der Waals surface area contributed by atoms with Crippen LogP contribution in [-0.2, 0) is 4.79 Å². The fraction of sp³-hybridized carbons (Fsp3) is 0.667. The van der Waals surface area contributed by atoms with E-state index >= 15 is 0 Å². The summed E-state index contributed by atoms with van der Waals surface area (Å²) in [7, 11) is 0. The lowest BCUT2D eigenvalue weighted by atomic mass is 10.2. The number of carbonyl (C=O) groups is 1. The summed E-state index contributed by atoms with van der Waals surface area (Å²) >= 11 is 0. The van der Waals surface area contributed by atoms with Gasteiger partial charge in [0.05, 0.1) is 0 Å². The van der Waals surface area contributed by atoms with Crippen molar-refractivity contribution < 1.29 is 4.79 Å². The standard InChI is InChI=1S/C15H28N2O/c1-5-7-9-16-13(3)11-15(18)12-14(4)17-10-8-6-2/h11-12,16-17H,5-10H2,1-4H3/b13-11+,14-12+. The van der Waals surface area contributed by atoms with Gasteiger partial charge in [0.15, 0.2) is 5.78 Å². The summed E-state index contributed by atoms with van der Waals surface area (Å²) < 4.78 is 0. The van der Waals surface area contributed by atoms with Gasteiger partial charge in [0.2, 0.25) is 0 Å². The van der Waals surface area contributed by atoms with Gasteiger partial charge < -0.3 is 10.6 Å². The molecule has 0 aromatic carbocycles. The lowest BCUT2D eigenvalue weighted by Crippen LogP contribution is -2.15. The Labute approximate surface area is 112 Å². The minimum Gasteiger partial charge on any atom is -0.388 e. The van der Waals surface area contributed by atoms with Gasteiger partial charge in [0, 0.05) is 36.6 Å². The van der Waals surface area contributed by atoms with Gasteiger partial charge in [0.25, 0.3) is 0 Å². The molecule has 0 aliphatic rings. The van der Waals surface area contributed by atoms with Crippen LogP contribution in [-0.4, -0.2) is 18.9 Å². The Morgan fingerprint density at radius 2 is 1.28 bits per heavy atom. The van der Waals surface area contributed by atoms with E-state index in [0.29, 0.717) is 0 Å². The highest BCUT2D eigenvalue weighted by Crippen LogP contribution is 1.95. The number of unbranched alkanes of at least 4 members (excludes halogenated alkanes) is 2. The van der Waals surface area contributed by atoms with Crippen LogP contribution >= 0.6 is 0 Å². The molecule has 3 nitrogen and oxygen atoms in total. The van der Waals surface area contributed by atoms with E-state index in [9.17, 15) is 4.79 Å². The molecule has 0 aliphatic carbocycles. The van der Waals surface area contributed by atoms with Gasteiger partial charge in [0.1, 0.15) is 0 Å². The molecule has 0 aromatic heterocycles. The topological polar surface area (TPSA) is 41.1 Å². The fourth-order valence-corrected chi connectivity index (χ4v) is 1.50. The number of allylic oxidation sites excluding steroid dienone is 4. The summed E-state index contributed by atoms with van der Waals surface area (Å²) in [6.07, 6.45) is 7.89. The Morgan fingerprint density at radius 3 is 1.61 bits per heavy atom. The number of ketones is 1. The average molecular weight is 252 g/mol. The molecule has 0 rings (SSSR count). The van der Waals surface area contributed by atoms with Crippen molar-refractivity contribution in [2.75, 3.05) is 13.1 Å². The van der Waals surface area contributed by atoms with Gasteiger partial charge in [-0.25, -0.2) is 0 Å². The van der Waals surface area contributed by atoms with Crippen LogP contribution < -0.4 is 10.6 Å². The van der Waals surface area contributed by atoms with E-state index < -0.39 is 0 Å². The van der Waals surface area contributed by atoms with E-state index in [4.69, 9.17) is 0 Å². The lowest BCUT2D eigenvalue weighted by molar-refractivity contribution is -0.110. The predicted octanol–water partition coefficient (Wildman–Crippen LogP) is 3.14. The second-order valence-corrected chi connectivity index (χ2v) is 4.62. The predicted molar refractivity (Wildman–Crippen MR) is 78.3 cm³/mol. The zero-order valence-corrected chi connectivity index (χ0v) is 12.3. The number of hydrogen-bond donors (Lipinski definition) is 2.